The van der Waals surface area contributed by atoms with Gasteiger partial charge in [-0.05, 0) is 43.7 Å². The maximum Gasteiger partial charge on any atom is 0.321 e. The lowest BCUT2D eigenvalue weighted by molar-refractivity contribution is -0.00890. The number of hydrogen-bond acceptors (Lipinski definition) is 4. The van der Waals surface area contributed by atoms with E-state index in [1.165, 1.54) is 12.8 Å². The predicted molar refractivity (Wildman–Crippen MR) is 80.6 cm³/mol. The molecule has 2 N–H and O–H groups in total. The van der Waals surface area contributed by atoms with Crippen LogP contribution in [0.5, 0.6) is 0 Å². The van der Waals surface area contributed by atoms with Gasteiger partial charge in [-0.25, -0.2) is 9.31 Å². The molecule has 1 saturated carbocycles. The van der Waals surface area contributed by atoms with Gasteiger partial charge in [0, 0.05) is 18.8 Å². The van der Waals surface area contributed by atoms with Crippen molar-refractivity contribution in [3.8, 4) is 0 Å². The first-order valence-corrected chi connectivity index (χ1v) is 7.78. The average Bonchev–Trinajstić information content (AvgIpc) is 3.28. The number of nitrogens with zero attached hydrogens (tertiary/aromatic N) is 3. The average molecular weight is 301 g/mol. The van der Waals surface area contributed by atoms with Crippen LogP contribution in [0.3, 0.4) is 0 Å². The number of ether oxygens (including phenoxy) is 1. The largest absolute Gasteiger partial charge is 0.378 e. The molecule has 1 aliphatic heterocycles. The van der Waals surface area contributed by atoms with Gasteiger partial charge in [0.15, 0.2) is 5.65 Å². The molecule has 2 atom stereocenters. The van der Waals surface area contributed by atoms with Crippen LogP contribution in [-0.2, 0) is 4.74 Å². The number of aromatic nitrogens is 3. The maximum absolute atomic E-state index is 12.1. The fourth-order valence-electron chi connectivity index (χ4n) is 2.96. The van der Waals surface area contributed by atoms with Gasteiger partial charge in [0.1, 0.15) is 0 Å². The molecular weight excluding hydrogens is 282 g/mol. The van der Waals surface area contributed by atoms with Crippen LogP contribution < -0.4 is 10.6 Å². The fraction of sp³-hybridized carbons (Fsp3) is 0.533. The van der Waals surface area contributed by atoms with Crippen molar-refractivity contribution < 1.29 is 9.53 Å². The number of amides is 2. The van der Waals surface area contributed by atoms with Gasteiger partial charge in [0.05, 0.1) is 6.10 Å². The first-order chi connectivity index (χ1) is 10.8. The van der Waals surface area contributed by atoms with E-state index in [4.69, 9.17) is 4.74 Å². The molecular formula is C15H19N5O2. The lowest BCUT2D eigenvalue weighted by Gasteiger charge is -2.30. The number of rotatable bonds is 3. The lowest BCUT2D eigenvalue weighted by Crippen LogP contribution is -2.44. The summed E-state index contributed by atoms with van der Waals surface area (Å²) in [6, 6.07) is 5.50. The van der Waals surface area contributed by atoms with E-state index in [1.807, 2.05) is 18.2 Å². The molecule has 0 aromatic carbocycles. The van der Waals surface area contributed by atoms with Crippen LogP contribution in [0.4, 0.5) is 10.7 Å². The van der Waals surface area contributed by atoms with Crippen LogP contribution in [-0.4, -0.2) is 39.4 Å². The van der Waals surface area contributed by atoms with E-state index in [2.05, 4.69) is 20.7 Å². The van der Waals surface area contributed by atoms with E-state index in [-0.39, 0.29) is 12.1 Å². The summed E-state index contributed by atoms with van der Waals surface area (Å²) in [7, 11) is 0. The van der Waals surface area contributed by atoms with Crippen molar-refractivity contribution >= 4 is 17.6 Å². The monoisotopic (exact) mass is 301 g/mol. The Morgan fingerprint density at radius 3 is 3.05 bits per heavy atom. The summed E-state index contributed by atoms with van der Waals surface area (Å²) in [5.74, 6) is 1.02. The van der Waals surface area contributed by atoms with Crippen molar-refractivity contribution in [3.63, 3.8) is 0 Å². The van der Waals surface area contributed by atoms with Crippen molar-refractivity contribution in [1.82, 2.24) is 19.9 Å². The Labute approximate surface area is 128 Å². The van der Waals surface area contributed by atoms with E-state index in [0.717, 1.165) is 19.4 Å². The quantitative estimate of drug-likeness (QED) is 0.906. The molecule has 0 spiro atoms. The van der Waals surface area contributed by atoms with Crippen molar-refractivity contribution in [2.75, 3.05) is 11.9 Å². The summed E-state index contributed by atoms with van der Waals surface area (Å²) in [4.78, 5) is 16.4. The summed E-state index contributed by atoms with van der Waals surface area (Å²) in [6.07, 6.45) is 6.38. The summed E-state index contributed by atoms with van der Waals surface area (Å²) in [5.41, 5.74) is 0.706. The minimum atomic E-state index is -0.252. The third-order valence-corrected chi connectivity index (χ3v) is 4.26. The molecule has 2 aliphatic rings. The molecule has 1 saturated heterocycles. The van der Waals surface area contributed by atoms with E-state index in [0.29, 0.717) is 23.6 Å². The van der Waals surface area contributed by atoms with Crippen LogP contribution in [0.2, 0.25) is 0 Å². The minimum Gasteiger partial charge on any atom is -0.378 e. The van der Waals surface area contributed by atoms with Crippen LogP contribution in [0.15, 0.2) is 24.4 Å². The zero-order chi connectivity index (χ0) is 14.9. The first-order valence-electron chi connectivity index (χ1n) is 7.78. The van der Waals surface area contributed by atoms with E-state index in [1.54, 1.807) is 10.7 Å². The predicted octanol–water partition coefficient (Wildman–Crippen LogP) is 1.81. The van der Waals surface area contributed by atoms with Crippen LogP contribution in [0, 0.1) is 5.92 Å². The lowest BCUT2D eigenvalue weighted by atomic mass is 10.0. The Morgan fingerprint density at radius 1 is 1.32 bits per heavy atom. The van der Waals surface area contributed by atoms with Crippen LogP contribution >= 0.6 is 0 Å². The molecule has 0 radical (unpaired) electrons. The second-order valence-corrected chi connectivity index (χ2v) is 6.01. The van der Waals surface area contributed by atoms with Gasteiger partial charge in [-0.1, -0.05) is 6.07 Å². The fourth-order valence-corrected chi connectivity index (χ4v) is 2.96. The Hall–Kier alpha value is -2.15. The van der Waals surface area contributed by atoms with Gasteiger partial charge in [-0.2, -0.15) is 4.98 Å². The highest BCUT2D eigenvalue weighted by Gasteiger charge is 2.36. The van der Waals surface area contributed by atoms with Crippen molar-refractivity contribution in [2.45, 2.75) is 37.8 Å². The number of pyridine rings is 1. The van der Waals surface area contributed by atoms with Crippen LogP contribution in [0.1, 0.15) is 25.7 Å². The summed E-state index contributed by atoms with van der Waals surface area (Å²) >= 11 is 0. The topological polar surface area (TPSA) is 80.6 Å². The van der Waals surface area contributed by atoms with Gasteiger partial charge in [0.2, 0.25) is 0 Å². The van der Waals surface area contributed by atoms with Crippen LogP contribution in [0.25, 0.3) is 5.65 Å². The third kappa shape index (κ3) is 2.89. The molecule has 116 valence electrons. The molecule has 4 rings (SSSR count). The molecule has 0 bridgehead atoms. The number of fused-ring (bicyclic) bond motifs is 1. The van der Waals surface area contributed by atoms with Gasteiger partial charge in [0.25, 0.3) is 5.95 Å². The second kappa shape index (κ2) is 5.57. The molecule has 2 amide bonds. The number of nitrogens with one attached hydrogen (secondary N) is 2. The Morgan fingerprint density at radius 2 is 2.23 bits per heavy atom. The molecule has 3 heterocycles. The Balaban J connectivity index is 1.35. The van der Waals surface area contributed by atoms with Crippen molar-refractivity contribution in [2.24, 2.45) is 5.92 Å². The smallest absolute Gasteiger partial charge is 0.321 e. The maximum atomic E-state index is 12.1. The Bertz CT molecular complexity index is 648. The SMILES string of the molecule is O=C(Nc1nc2ccccn2n1)N[C@H]1CCO[C@@H](C2CC2)C1. The summed E-state index contributed by atoms with van der Waals surface area (Å²) in [6.45, 7) is 0.721. The van der Waals surface area contributed by atoms with Gasteiger partial charge < -0.3 is 10.1 Å². The van der Waals surface area contributed by atoms with E-state index >= 15 is 0 Å². The number of hydrogen-bond donors (Lipinski definition) is 2. The number of carbonyl (C=O) groups excluding carboxylic acids is 1. The molecule has 2 fully saturated rings. The summed E-state index contributed by atoms with van der Waals surface area (Å²) < 4.78 is 7.40. The molecule has 0 unspecified atom stereocenters. The zero-order valence-corrected chi connectivity index (χ0v) is 12.2. The Kier molecular flexibility index (Phi) is 3.42. The number of urea groups is 1. The normalized spacial score (nSPS) is 25.1. The van der Waals surface area contributed by atoms with E-state index in [9.17, 15) is 4.79 Å². The van der Waals surface area contributed by atoms with Crippen molar-refractivity contribution in [3.05, 3.63) is 24.4 Å². The highest BCUT2D eigenvalue weighted by molar-refractivity contribution is 5.87. The molecule has 7 heteroatoms. The highest BCUT2D eigenvalue weighted by Crippen LogP contribution is 2.38. The first kappa shape index (κ1) is 13.5. The number of carbonyl (C=O) groups is 1. The molecule has 22 heavy (non-hydrogen) atoms. The third-order valence-electron chi connectivity index (χ3n) is 4.26. The molecule has 1 aliphatic carbocycles. The zero-order valence-electron chi connectivity index (χ0n) is 12.2. The van der Waals surface area contributed by atoms with E-state index < -0.39 is 0 Å². The molecule has 2 aromatic rings. The molecule has 7 nitrogen and oxygen atoms in total. The second-order valence-electron chi connectivity index (χ2n) is 6.01. The van der Waals surface area contributed by atoms with Gasteiger partial charge in [-0.15, -0.1) is 5.10 Å². The number of anilines is 1. The van der Waals surface area contributed by atoms with Gasteiger partial charge >= 0.3 is 6.03 Å². The highest BCUT2D eigenvalue weighted by atomic mass is 16.5. The molecule has 2 aromatic heterocycles. The minimum absolute atomic E-state index is 0.163. The van der Waals surface area contributed by atoms with Crippen molar-refractivity contribution in [1.29, 1.82) is 0 Å². The standard InChI is InChI=1S/C15H19N5O2/c21-15(16-11-6-8-22-12(9-11)10-4-5-10)18-14-17-13-3-1-2-7-20(13)19-14/h1-3,7,10-12H,4-6,8-9H2,(H2,16,18,19,21)/t11-,12+/m0/s1. The summed E-state index contributed by atoms with van der Waals surface area (Å²) in [5, 5.41) is 9.92. The van der Waals surface area contributed by atoms with Gasteiger partial charge in [-0.3, -0.25) is 5.32 Å².